The van der Waals surface area contributed by atoms with E-state index in [1.807, 2.05) is 0 Å². The molecule has 2 nitrogen and oxygen atoms in total. The molecule has 0 amide bonds. The summed E-state index contributed by atoms with van der Waals surface area (Å²) in [4.78, 5) is 0. The number of nitrogens with two attached hydrogens (primary N) is 1. The Kier molecular flexibility index (Phi) is 4.20. The van der Waals surface area contributed by atoms with Gasteiger partial charge in [0.05, 0.1) is 0 Å². The predicted octanol–water partition coefficient (Wildman–Crippen LogP) is 2.80. The van der Waals surface area contributed by atoms with Gasteiger partial charge < -0.3 is 10.5 Å². The van der Waals surface area contributed by atoms with Crippen LogP contribution < -0.4 is 5.73 Å². The number of rotatable bonds is 2. The van der Waals surface area contributed by atoms with Crippen molar-refractivity contribution in [3.63, 3.8) is 0 Å². The van der Waals surface area contributed by atoms with Gasteiger partial charge >= 0.3 is 0 Å². The minimum Gasteiger partial charge on any atom is -0.381 e. The largest absolute Gasteiger partial charge is 0.381 e. The molecule has 0 aromatic heterocycles. The van der Waals surface area contributed by atoms with Crippen LogP contribution in [0, 0.1) is 5.41 Å². The lowest BCUT2D eigenvalue weighted by atomic mass is 9.73. The SMILES string of the molecule is CC1(C)CCCC(SC2CCOCC2)C1N. The molecule has 2 fully saturated rings. The fraction of sp³-hybridized carbons (Fsp3) is 1.00. The standard InChI is InChI=1S/C13H25NOS/c1-13(2)7-3-4-11(12(13)14)16-10-5-8-15-9-6-10/h10-12H,3-9,14H2,1-2H3. The molecule has 1 saturated carbocycles. The summed E-state index contributed by atoms with van der Waals surface area (Å²) in [5.74, 6) is 0. The Balaban J connectivity index is 1.88. The van der Waals surface area contributed by atoms with Crippen LogP contribution in [-0.4, -0.2) is 29.8 Å². The van der Waals surface area contributed by atoms with Crippen molar-refractivity contribution >= 4 is 11.8 Å². The summed E-state index contributed by atoms with van der Waals surface area (Å²) in [5.41, 5.74) is 6.76. The van der Waals surface area contributed by atoms with E-state index in [1.165, 1.54) is 32.1 Å². The lowest BCUT2D eigenvalue weighted by Gasteiger charge is -2.43. The van der Waals surface area contributed by atoms with Crippen LogP contribution in [0.2, 0.25) is 0 Å². The van der Waals surface area contributed by atoms with E-state index in [1.54, 1.807) is 0 Å². The van der Waals surface area contributed by atoms with E-state index in [-0.39, 0.29) is 0 Å². The summed E-state index contributed by atoms with van der Waals surface area (Å²) in [6.45, 7) is 6.55. The van der Waals surface area contributed by atoms with Crippen LogP contribution >= 0.6 is 11.8 Å². The molecule has 0 radical (unpaired) electrons. The summed E-state index contributed by atoms with van der Waals surface area (Å²) < 4.78 is 5.41. The molecule has 0 aromatic rings. The average molecular weight is 243 g/mol. The Bertz CT molecular complexity index is 226. The van der Waals surface area contributed by atoms with Crippen LogP contribution in [0.3, 0.4) is 0 Å². The topological polar surface area (TPSA) is 35.2 Å². The van der Waals surface area contributed by atoms with E-state index < -0.39 is 0 Å². The van der Waals surface area contributed by atoms with Gasteiger partial charge in [0, 0.05) is 29.8 Å². The zero-order chi connectivity index (χ0) is 11.6. The Labute approximate surface area is 104 Å². The molecule has 1 heterocycles. The lowest BCUT2D eigenvalue weighted by molar-refractivity contribution is 0.0996. The minimum absolute atomic E-state index is 0.334. The van der Waals surface area contributed by atoms with Crippen molar-refractivity contribution in [2.75, 3.05) is 13.2 Å². The van der Waals surface area contributed by atoms with E-state index in [0.29, 0.717) is 16.7 Å². The molecule has 2 rings (SSSR count). The zero-order valence-corrected chi connectivity index (χ0v) is 11.4. The summed E-state index contributed by atoms with van der Waals surface area (Å²) >= 11 is 2.15. The Hall–Kier alpha value is 0.270. The monoisotopic (exact) mass is 243 g/mol. The molecule has 3 heteroatoms. The van der Waals surface area contributed by atoms with Gasteiger partial charge in [0.25, 0.3) is 0 Å². The van der Waals surface area contributed by atoms with E-state index in [0.717, 1.165) is 18.5 Å². The maximum Gasteiger partial charge on any atom is 0.0476 e. The van der Waals surface area contributed by atoms with Gasteiger partial charge in [-0.2, -0.15) is 11.8 Å². The molecular weight excluding hydrogens is 218 g/mol. The third-order valence-corrected chi connectivity index (χ3v) is 5.88. The van der Waals surface area contributed by atoms with Crippen molar-refractivity contribution in [2.45, 2.75) is 62.5 Å². The van der Waals surface area contributed by atoms with Crippen LogP contribution in [0.25, 0.3) is 0 Å². The van der Waals surface area contributed by atoms with Gasteiger partial charge in [0.1, 0.15) is 0 Å². The second-order valence-electron chi connectivity index (χ2n) is 5.89. The highest BCUT2D eigenvalue weighted by Gasteiger charge is 2.37. The van der Waals surface area contributed by atoms with Gasteiger partial charge in [-0.05, 0) is 31.1 Å². The van der Waals surface area contributed by atoms with Gasteiger partial charge in [-0.15, -0.1) is 0 Å². The molecule has 2 unspecified atom stereocenters. The summed E-state index contributed by atoms with van der Waals surface area (Å²) in [6, 6.07) is 0.370. The highest BCUT2D eigenvalue weighted by Crippen LogP contribution is 2.41. The molecule has 1 aliphatic heterocycles. The zero-order valence-electron chi connectivity index (χ0n) is 10.6. The maximum absolute atomic E-state index is 6.42. The predicted molar refractivity (Wildman–Crippen MR) is 70.8 cm³/mol. The molecule has 16 heavy (non-hydrogen) atoms. The van der Waals surface area contributed by atoms with Crippen molar-refractivity contribution in [1.29, 1.82) is 0 Å². The third kappa shape index (κ3) is 2.93. The van der Waals surface area contributed by atoms with Gasteiger partial charge in [-0.25, -0.2) is 0 Å². The van der Waals surface area contributed by atoms with Crippen molar-refractivity contribution in [1.82, 2.24) is 0 Å². The van der Waals surface area contributed by atoms with Crippen LogP contribution in [0.15, 0.2) is 0 Å². The van der Waals surface area contributed by atoms with Gasteiger partial charge in [-0.1, -0.05) is 20.3 Å². The Morgan fingerprint density at radius 1 is 1.19 bits per heavy atom. The lowest BCUT2D eigenvalue weighted by Crippen LogP contribution is -2.48. The quantitative estimate of drug-likeness (QED) is 0.810. The molecule has 94 valence electrons. The maximum atomic E-state index is 6.42. The first-order valence-electron chi connectivity index (χ1n) is 6.58. The van der Waals surface area contributed by atoms with Gasteiger partial charge in [0.15, 0.2) is 0 Å². The first-order valence-corrected chi connectivity index (χ1v) is 7.53. The molecule has 2 N–H and O–H groups in total. The van der Waals surface area contributed by atoms with Gasteiger partial charge in [0.2, 0.25) is 0 Å². The summed E-state index contributed by atoms with van der Waals surface area (Å²) in [7, 11) is 0. The molecule has 0 spiro atoms. The molecule has 0 aromatic carbocycles. The first kappa shape index (κ1) is 12.7. The highest BCUT2D eigenvalue weighted by atomic mass is 32.2. The number of hydrogen-bond donors (Lipinski definition) is 1. The molecule has 2 aliphatic rings. The van der Waals surface area contributed by atoms with Crippen LogP contribution in [0.5, 0.6) is 0 Å². The van der Waals surface area contributed by atoms with Crippen LogP contribution in [0.1, 0.15) is 46.0 Å². The van der Waals surface area contributed by atoms with Crippen molar-refractivity contribution in [3.05, 3.63) is 0 Å². The minimum atomic E-state index is 0.334. The molecule has 2 atom stereocenters. The molecule has 1 aliphatic carbocycles. The van der Waals surface area contributed by atoms with Crippen LogP contribution in [0.4, 0.5) is 0 Å². The third-order valence-electron chi connectivity index (χ3n) is 4.15. The number of thioether (sulfide) groups is 1. The normalized spacial score (nSPS) is 36.2. The van der Waals surface area contributed by atoms with Gasteiger partial charge in [-0.3, -0.25) is 0 Å². The smallest absolute Gasteiger partial charge is 0.0476 e. The second kappa shape index (κ2) is 5.28. The van der Waals surface area contributed by atoms with E-state index in [4.69, 9.17) is 10.5 Å². The fourth-order valence-corrected chi connectivity index (χ4v) is 4.62. The Morgan fingerprint density at radius 3 is 2.56 bits per heavy atom. The summed E-state index contributed by atoms with van der Waals surface area (Å²) in [6.07, 6.45) is 6.38. The summed E-state index contributed by atoms with van der Waals surface area (Å²) in [5, 5.41) is 1.46. The average Bonchev–Trinajstić information content (AvgIpc) is 2.26. The van der Waals surface area contributed by atoms with E-state index >= 15 is 0 Å². The second-order valence-corrected chi connectivity index (χ2v) is 7.44. The van der Waals surface area contributed by atoms with Crippen molar-refractivity contribution < 1.29 is 4.74 Å². The van der Waals surface area contributed by atoms with Crippen molar-refractivity contribution in [3.8, 4) is 0 Å². The van der Waals surface area contributed by atoms with Crippen molar-refractivity contribution in [2.24, 2.45) is 11.1 Å². The molecular formula is C13H25NOS. The molecule has 0 bridgehead atoms. The molecule has 1 saturated heterocycles. The van der Waals surface area contributed by atoms with Crippen LogP contribution in [-0.2, 0) is 4.74 Å². The van der Waals surface area contributed by atoms with E-state index in [2.05, 4.69) is 25.6 Å². The highest BCUT2D eigenvalue weighted by molar-refractivity contribution is 8.00. The number of ether oxygens (including phenoxy) is 1. The first-order chi connectivity index (χ1) is 7.59. The van der Waals surface area contributed by atoms with E-state index in [9.17, 15) is 0 Å². The Morgan fingerprint density at radius 2 is 1.88 bits per heavy atom. The fourth-order valence-electron chi connectivity index (χ4n) is 2.82. The number of hydrogen-bond acceptors (Lipinski definition) is 3.